The van der Waals surface area contributed by atoms with Crippen molar-refractivity contribution < 1.29 is 9.53 Å². The lowest BCUT2D eigenvalue weighted by atomic mass is 10.2. The van der Waals surface area contributed by atoms with Gasteiger partial charge in [0, 0.05) is 11.8 Å². The van der Waals surface area contributed by atoms with E-state index in [1.807, 2.05) is 19.9 Å². The van der Waals surface area contributed by atoms with Gasteiger partial charge in [0.15, 0.2) is 0 Å². The lowest BCUT2D eigenvalue weighted by Gasteiger charge is -2.14. The Bertz CT molecular complexity index is 457. The Balaban J connectivity index is 2.60. The summed E-state index contributed by atoms with van der Waals surface area (Å²) in [6.07, 6.45) is 0.458. The number of halogens is 1. The second kappa shape index (κ2) is 6.94. The summed E-state index contributed by atoms with van der Waals surface area (Å²) >= 11 is 5.67. The largest absolute Gasteiger partial charge is 0.345 e. The van der Waals surface area contributed by atoms with Crippen LogP contribution in [-0.4, -0.2) is 23.7 Å². The Morgan fingerprint density at radius 3 is 2.94 bits per heavy atom. The summed E-state index contributed by atoms with van der Waals surface area (Å²) in [5.41, 5.74) is 0.336. The highest BCUT2D eigenvalue weighted by atomic mass is 35.5. The molecule has 0 aliphatic heterocycles. The number of ether oxygens (including phenoxy) is 1. The predicted octanol–water partition coefficient (Wildman–Crippen LogP) is 1.99. The molecule has 0 aliphatic rings. The van der Waals surface area contributed by atoms with Gasteiger partial charge < -0.3 is 10.1 Å². The van der Waals surface area contributed by atoms with Gasteiger partial charge in [0.2, 0.25) is 6.23 Å². The Labute approximate surface area is 111 Å². The molecule has 1 unspecified atom stereocenters. The summed E-state index contributed by atoms with van der Waals surface area (Å²) in [4.78, 5) is 15.6. The smallest absolute Gasteiger partial charge is 0.254 e. The quantitative estimate of drug-likeness (QED) is 0.654. The lowest BCUT2D eigenvalue weighted by Crippen LogP contribution is -2.36. The predicted molar refractivity (Wildman–Crippen MR) is 66.9 cm³/mol. The van der Waals surface area contributed by atoms with Crippen molar-refractivity contribution in [2.24, 2.45) is 5.92 Å². The molecule has 0 spiro atoms. The minimum Gasteiger partial charge on any atom is -0.345 e. The third-order valence-corrected chi connectivity index (χ3v) is 2.17. The molecular formula is C12H14ClN3O2. The molecule has 5 nitrogen and oxygen atoms in total. The molecule has 1 rings (SSSR count). The molecule has 1 N–H and O–H groups in total. The van der Waals surface area contributed by atoms with Crippen molar-refractivity contribution in [1.82, 2.24) is 10.3 Å². The number of hydrogen-bond donors (Lipinski definition) is 1. The van der Waals surface area contributed by atoms with Crippen LogP contribution in [0.3, 0.4) is 0 Å². The van der Waals surface area contributed by atoms with E-state index < -0.39 is 12.1 Å². The van der Waals surface area contributed by atoms with Crippen LogP contribution in [-0.2, 0) is 4.74 Å². The fourth-order valence-electron chi connectivity index (χ4n) is 1.15. The van der Waals surface area contributed by atoms with Gasteiger partial charge in [0.1, 0.15) is 11.2 Å². The summed E-state index contributed by atoms with van der Waals surface area (Å²) in [5, 5.41) is 11.5. The second-order valence-corrected chi connectivity index (χ2v) is 4.46. The van der Waals surface area contributed by atoms with Gasteiger partial charge in [-0.15, -0.1) is 0 Å². The van der Waals surface area contributed by atoms with Crippen LogP contribution in [0.2, 0.25) is 5.15 Å². The minimum atomic E-state index is -0.966. The van der Waals surface area contributed by atoms with E-state index in [1.165, 1.54) is 18.3 Å². The number of rotatable bonds is 5. The molecule has 1 atom stereocenters. The van der Waals surface area contributed by atoms with Crippen LogP contribution in [0, 0.1) is 17.2 Å². The first-order chi connectivity index (χ1) is 8.52. The van der Waals surface area contributed by atoms with Crippen molar-refractivity contribution in [3.05, 3.63) is 29.0 Å². The van der Waals surface area contributed by atoms with Crippen LogP contribution in [0.5, 0.6) is 0 Å². The molecule has 0 saturated carbocycles. The molecule has 0 saturated heterocycles. The van der Waals surface area contributed by atoms with E-state index in [1.54, 1.807) is 0 Å². The van der Waals surface area contributed by atoms with E-state index >= 15 is 0 Å². The van der Waals surface area contributed by atoms with Crippen molar-refractivity contribution in [3.63, 3.8) is 0 Å². The summed E-state index contributed by atoms with van der Waals surface area (Å²) in [6, 6.07) is 4.81. The molecular weight excluding hydrogens is 254 g/mol. The molecule has 1 heterocycles. The molecule has 0 radical (unpaired) electrons. The maximum atomic E-state index is 11.8. The molecule has 1 aromatic heterocycles. The van der Waals surface area contributed by atoms with Gasteiger partial charge in [0.25, 0.3) is 5.91 Å². The maximum absolute atomic E-state index is 11.8. The molecule has 1 amide bonds. The van der Waals surface area contributed by atoms with Crippen molar-refractivity contribution in [3.8, 4) is 6.07 Å². The molecule has 1 aromatic rings. The molecule has 0 aromatic carbocycles. The first-order valence-electron chi connectivity index (χ1n) is 5.46. The van der Waals surface area contributed by atoms with Crippen molar-refractivity contribution in [2.45, 2.75) is 20.1 Å². The van der Waals surface area contributed by atoms with E-state index in [0.29, 0.717) is 12.2 Å². The van der Waals surface area contributed by atoms with E-state index in [0.717, 1.165) is 0 Å². The maximum Gasteiger partial charge on any atom is 0.254 e. The topological polar surface area (TPSA) is 75.0 Å². The monoisotopic (exact) mass is 267 g/mol. The molecule has 0 bridgehead atoms. The van der Waals surface area contributed by atoms with Crippen LogP contribution >= 0.6 is 11.6 Å². The SMILES string of the molecule is CC(C)COC(C#N)NC(=O)c1ccnc(Cl)c1. The number of nitrogens with zero attached hydrogens (tertiary/aromatic N) is 2. The van der Waals surface area contributed by atoms with Gasteiger partial charge in [-0.2, -0.15) is 5.26 Å². The van der Waals surface area contributed by atoms with Crippen LogP contribution in [0.25, 0.3) is 0 Å². The van der Waals surface area contributed by atoms with Crippen molar-refractivity contribution in [2.75, 3.05) is 6.61 Å². The fraction of sp³-hybridized carbons (Fsp3) is 0.417. The Morgan fingerprint density at radius 2 is 2.39 bits per heavy atom. The molecule has 0 aliphatic carbocycles. The number of nitrogens with one attached hydrogen (secondary N) is 1. The number of pyridine rings is 1. The van der Waals surface area contributed by atoms with Crippen molar-refractivity contribution in [1.29, 1.82) is 5.26 Å². The number of amides is 1. The van der Waals surface area contributed by atoms with Crippen LogP contribution in [0.1, 0.15) is 24.2 Å². The Morgan fingerprint density at radius 1 is 1.67 bits per heavy atom. The Hall–Kier alpha value is -1.64. The van der Waals surface area contributed by atoms with E-state index in [4.69, 9.17) is 21.6 Å². The third kappa shape index (κ3) is 4.70. The fourth-order valence-corrected chi connectivity index (χ4v) is 1.32. The molecule has 0 fully saturated rings. The zero-order chi connectivity index (χ0) is 13.5. The zero-order valence-electron chi connectivity index (χ0n) is 10.2. The lowest BCUT2D eigenvalue weighted by molar-refractivity contribution is 0.0437. The van der Waals surface area contributed by atoms with E-state index in [2.05, 4.69) is 10.3 Å². The minimum absolute atomic E-state index is 0.222. The highest BCUT2D eigenvalue weighted by Crippen LogP contribution is 2.07. The number of hydrogen-bond acceptors (Lipinski definition) is 4. The molecule has 18 heavy (non-hydrogen) atoms. The average molecular weight is 268 g/mol. The van der Waals surface area contributed by atoms with E-state index in [-0.39, 0.29) is 11.1 Å². The van der Waals surface area contributed by atoms with Crippen LogP contribution in [0.15, 0.2) is 18.3 Å². The van der Waals surface area contributed by atoms with E-state index in [9.17, 15) is 4.79 Å². The molecule has 96 valence electrons. The van der Waals surface area contributed by atoms with Gasteiger partial charge >= 0.3 is 0 Å². The standard InChI is InChI=1S/C12H14ClN3O2/c1-8(2)7-18-11(6-14)16-12(17)9-3-4-15-10(13)5-9/h3-5,8,11H,7H2,1-2H3,(H,16,17). The first-order valence-corrected chi connectivity index (χ1v) is 5.84. The first kappa shape index (κ1) is 14.4. The highest BCUT2D eigenvalue weighted by molar-refractivity contribution is 6.29. The summed E-state index contributed by atoms with van der Waals surface area (Å²) in [7, 11) is 0. The number of aromatic nitrogens is 1. The Kier molecular flexibility index (Phi) is 5.56. The second-order valence-electron chi connectivity index (χ2n) is 4.08. The third-order valence-electron chi connectivity index (χ3n) is 1.96. The summed E-state index contributed by atoms with van der Waals surface area (Å²) in [6.45, 7) is 4.31. The summed E-state index contributed by atoms with van der Waals surface area (Å²) in [5.74, 6) is -0.136. The van der Waals surface area contributed by atoms with Gasteiger partial charge in [-0.05, 0) is 18.1 Å². The van der Waals surface area contributed by atoms with Gasteiger partial charge in [-0.1, -0.05) is 25.4 Å². The van der Waals surface area contributed by atoms with Gasteiger partial charge in [-0.3, -0.25) is 4.79 Å². The average Bonchev–Trinajstić information content (AvgIpc) is 2.34. The van der Waals surface area contributed by atoms with Gasteiger partial charge in [0.05, 0.1) is 6.61 Å². The zero-order valence-corrected chi connectivity index (χ0v) is 10.9. The normalized spacial score (nSPS) is 11.9. The van der Waals surface area contributed by atoms with Crippen molar-refractivity contribution >= 4 is 17.5 Å². The van der Waals surface area contributed by atoms with Gasteiger partial charge in [-0.25, -0.2) is 4.98 Å². The van der Waals surface area contributed by atoms with Crippen LogP contribution < -0.4 is 5.32 Å². The number of carbonyl (C=O) groups excluding carboxylic acids is 1. The van der Waals surface area contributed by atoms with Crippen LogP contribution in [0.4, 0.5) is 0 Å². The number of nitriles is 1. The number of carbonyl (C=O) groups is 1. The highest BCUT2D eigenvalue weighted by Gasteiger charge is 2.14. The summed E-state index contributed by atoms with van der Waals surface area (Å²) < 4.78 is 5.23. The molecule has 6 heteroatoms.